The standard InChI is InChI=1S/C24H33N5O3/c1-8-11-18(28-23(31)32-24(4,5)6)19-14-17(12-13-25-19)21-20(15-26-29(21)7)27-22(30)16(9-2)10-3/h8-9,12-16,18H,1-2,10-11H2,3-7H3,(H,27,30)(H,28,31). The summed E-state index contributed by atoms with van der Waals surface area (Å²) < 4.78 is 7.07. The third-order valence-corrected chi connectivity index (χ3v) is 4.76. The molecule has 0 aliphatic heterocycles. The number of amides is 2. The van der Waals surface area contributed by atoms with Gasteiger partial charge in [0.25, 0.3) is 0 Å². The molecule has 2 heterocycles. The first-order chi connectivity index (χ1) is 15.1. The van der Waals surface area contributed by atoms with Gasteiger partial charge in [0.1, 0.15) is 5.60 Å². The van der Waals surface area contributed by atoms with Crippen molar-refractivity contribution >= 4 is 17.7 Å². The van der Waals surface area contributed by atoms with Gasteiger partial charge in [0.15, 0.2) is 0 Å². The molecule has 8 nitrogen and oxygen atoms in total. The minimum atomic E-state index is -0.609. The molecule has 0 radical (unpaired) electrons. The van der Waals surface area contributed by atoms with Crippen LogP contribution in [0.1, 0.15) is 52.3 Å². The lowest BCUT2D eigenvalue weighted by Crippen LogP contribution is -2.35. The summed E-state index contributed by atoms with van der Waals surface area (Å²) in [4.78, 5) is 29.3. The summed E-state index contributed by atoms with van der Waals surface area (Å²) >= 11 is 0. The predicted molar refractivity (Wildman–Crippen MR) is 126 cm³/mol. The smallest absolute Gasteiger partial charge is 0.408 e. The van der Waals surface area contributed by atoms with Crippen LogP contribution in [0.5, 0.6) is 0 Å². The molecule has 0 saturated carbocycles. The molecule has 2 atom stereocenters. The van der Waals surface area contributed by atoms with Gasteiger partial charge in [-0.2, -0.15) is 5.10 Å². The van der Waals surface area contributed by atoms with Crippen LogP contribution in [0.15, 0.2) is 49.8 Å². The molecule has 2 aromatic rings. The fourth-order valence-corrected chi connectivity index (χ4v) is 3.21. The van der Waals surface area contributed by atoms with E-state index in [4.69, 9.17) is 4.74 Å². The number of pyridine rings is 1. The molecule has 0 saturated heterocycles. The summed E-state index contributed by atoms with van der Waals surface area (Å²) in [5, 5.41) is 10.1. The summed E-state index contributed by atoms with van der Waals surface area (Å²) in [6, 6.07) is 3.28. The van der Waals surface area contributed by atoms with Crippen molar-refractivity contribution in [1.82, 2.24) is 20.1 Å². The van der Waals surface area contributed by atoms with Crippen LogP contribution >= 0.6 is 0 Å². The Kier molecular flexibility index (Phi) is 8.34. The van der Waals surface area contributed by atoms with Crippen molar-refractivity contribution in [3.63, 3.8) is 0 Å². The average Bonchev–Trinajstić information content (AvgIpc) is 3.07. The highest BCUT2D eigenvalue weighted by Crippen LogP contribution is 2.30. The van der Waals surface area contributed by atoms with Gasteiger partial charge in [-0.25, -0.2) is 4.79 Å². The molecular formula is C24H33N5O3. The number of hydrogen-bond donors (Lipinski definition) is 2. The largest absolute Gasteiger partial charge is 0.444 e. The first kappa shape index (κ1) is 24.8. The predicted octanol–water partition coefficient (Wildman–Crippen LogP) is 4.77. The molecule has 2 amide bonds. The number of aromatic nitrogens is 3. The van der Waals surface area contributed by atoms with Crippen LogP contribution in [0.4, 0.5) is 10.5 Å². The molecule has 172 valence electrons. The Bertz CT molecular complexity index is 974. The van der Waals surface area contributed by atoms with Gasteiger partial charge in [-0.1, -0.05) is 19.1 Å². The van der Waals surface area contributed by atoms with Crippen molar-refractivity contribution in [2.45, 2.75) is 52.2 Å². The zero-order valence-electron chi connectivity index (χ0n) is 19.5. The molecular weight excluding hydrogens is 406 g/mol. The van der Waals surface area contributed by atoms with Gasteiger partial charge >= 0.3 is 6.09 Å². The Morgan fingerprint density at radius 2 is 2.03 bits per heavy atom. The van der Waals surface area contributed by atoms with Gasteiger partial charge in [-0.15, -0.1) is 13.2 Å². The van der Waals surface area contributed by atoms with E-state index in [9.17, 15) is 9.59 Å². The summed E-state index contributed by atoms with van der Waals surface area (Å²) in [6.45, 7) is 14.9. The number of alkyl carbamates (subject to hydrolysis) is 1. The molecule has 8 heteroatoms. The second kappa shape index (κ2) is 10.7. The minimum absolute atomic E-state index is 0.137. The van der Waals surface area contributed by atoms with Crippen LogP contribution in [-0.2, 0) is 16.6 Å². The normalized spacial score (nSPS) is 13.0. The van der Waals surface area contributed by atoms with E-state index in [1.165, 1.54) is 0 Å². The fourth-order valence-electron chi connectivity index (χ4n) is 3.21. The molecule has 0 aliphatic rings. The van der Waals surface area contributed by atoms with Gasteiger partial charge in [0, 0.05) is 18.8 Å². The van der Waals surface area contributed by atoms with Crippen molar-refractivity contribution in [1.29, 1.82) is 0 Å². The molecule has 2 aromatic heterocycles. The molecule has 32 heavy (non-hydrogen) atoms. The highest BCUT2D eigenvalue weighted by atomic mass is 16.6. The van der Waals surface area contributed by atoms with E-state index in [0.29, 0.717) is 24.2 Å². The molecule has 0 aromatic carbocycles. The van der Waals surface area contributed by atoms with E-state index in [2.05, 4.69) is 33.9 Å². The second-order valence-electron chi connectivity index (χ2n) is 8.46. The number of carbonyl (C=O) groups excluding carboxylic acids is 2. The van der Waals surface area contributed by atoms with Crippen molar-refractivity contribution in [2.24, 2.45) is 13.0 Å². The molecule has 0 aliphatic carbocycles. The summed E-state index contributed by atoms with van der Waals surface area (Å²) in [5.74, 6) is -0.423. The number of nitrogens with one attached hydrogen (secondary N) is 2. The maximum absolute atomic E-state index is 12.6. The molecule has 2 unspecified atom stereocenters. The van der Waals surface area contributed by atoms with Gasteiger partial charge in [0.2, 0.25) is 5.91 Å². The number of rotatable bonds is 9. The van der Waals surface area contributed by atoms with E-state index in [1.807, 2.05) is 39.8 Å². The number of anilines is 1. The van der Waals surface area contributed by atoms with E-state index in [-0.39, 0.29) is 11.8 Å². The number of nitrogens with zero attached hydrogens (tertiary/aromatic N) is 3. The second-order valence-corrected chi connectivity index (χ2v) is 8.46. The van der Waals surface area contributed by atoms with Crippen LogP contribution in [0.3, 0.4) is 0 Å². The lowest BCUT2D eigenvalue weighted by atomic mass is 10.0. The monoisotopic (exact) mass is 439 g/mol. The zero-order chi connectivity index (χ0) is 23.9. The van der Waals surface area contributed by atoms with Crippen LogP contribution in [0.2, 0.25) is 0 Å². The number of aryl methyl sites for hydroxylation is 1. The highest BCUT2D eigenvalue weighted by molar-refractivity contribution is 5.96. The van der Waals surface area contributed by atoms with Crippen molar-refractivity contribution < 1.29 is 14.3 Å². The maximum Gasteiger partial charge on any atom is 0.408 e. The molecule has 0 bridgehead atoms. The lowest BCUT2D eigenvalue weighted by molar-refractivity contribution is -0.118. The third kappa shape index (κ3) is 6.54. The topological polar surface area (TPSA) is 98.1 Å². The highest BCUT2D eigenvalue weighted by Gasteiger charge is 2.22. The number of carbonyl (C=O) groups is 2. The Hall–Kier alpha value is -3.42. The van der Waals surface area contributed by atoms with Gasteiger partial charge in [-0.3, -0.25) is 14.5 Å². The number of hydrogen-bond acceptors (Lipinski definition) is 5. The van der Waals surface area contributed by atoms with Crippen molar-refractivity contribution in [2.75, 3.05) is 5.32 Å². The molecule has 2 rings (SSSR count). The third-order valence-electron chi connectivity index (χ3n) is 4.76. The summed E-state index contributed by atoms with van der Waals surface area (Å²) in [5.41, 5.74) is 2.16. The van der Waals surface area contributed by atoms with Crippen LogP contribution in [0.25, 0.3) is 11.3 Å². The van der Waals surface area contributed by atoms with Gasteiger partial charge in [0.05, 0.1) is 35.2 Å². The van der Waals surface area contributed by atoms with E-state index in [1.54, 1.807) is 36.3 Å². The van der Waals surface area contributed by atoms with E-state index >= 15 is 0 Å². The SMILES string of the molecule is C=CCC(NC(=O)OC(C)(C)C)c1cc(-c2c(NC(=O)C(C=C)CC)cnn2C)ccn1. The summed E-state index contributed by atoms with van der Waals surface area (Å²) in [7, 11) is 1.80. The maximum atomic E-state index is 12.6. The Morgan fingerprint density at radius 1 is 1.31 bits per heavy atom. The minimum Gasteiger partial charge on any atom is -0.444 e. The van der Waals surface area contributed by atoms with Gasteiger partial charge in [-0.05, 0) is 45.7 Å². The quantitative estimate of drug-likeness (QED) is 0.548. The van der Waals surface area contributed by atoms with Crippen LogP contribution < -0.4 is 10.6 Å². The molecule has 2 N–H and O–H groups in total. The Labute approximate surface area is 189 Å². The first-order valence-corrected chi connectivity index (χ1v) is 10.6. The van der Waals surface area contributed by atoms with Crippen LogP contribution in [0, 0.1) is 5.92 Å². The first-order valence-electron chi connectivity index (χ1n) is 10.6. The Balaban J connectivity index is 2.35. The van der Waals surface area contributed by atoms with Crippen LogP contribution in [-0.4, -0.2) is 32.4 Å². The van der Waals surface area contributed by atoms with E-state index < -0.39 is 17.7 Å². The average molecular weight is 440 g/mol. The fraction of sp³-hybridized carbons (Fsp3) is 0.417. The lowest BCUT2D eigenvalue weighted by Gasteiger charge is -2.23. The number of ether oxygens (including phenoxy) is 1. The molecule has 0 spiro atoms. The van der Waals surface area contributed by atoms with Crippen molar-refractivity contribution in [3.05, 3.63) is 55.5 Å². The molecule has 0 fully saturated rings. The zero-order valence-corrected chi connectivity index (χ0v) is 19.5. The van der Waals surface area contributed by atoms with E-state index in [0.717, 1.165) is 11.3 Å². The van der Waals surface area contributed by atoms with Gasteiger partial charge < -0.3 is 15.4 Å². The Morgan fingerprint density at radius 3 is 2.62 bits per heavy atom. The van der Waals surface area contributed by atoms with Crippen molar-refractivity contribution in [3.8, 4) is 11.3 Å². The summed E-state index contributed by atoms with van der Waals surface area (Å²) in [6.07, 6.45) is 7.23.